The van der Waals surface area contributed by atoms with Crippen LogP contribution in [0.25, 0.3) is 0 Å². The third-order valence-electron chi connectivity index (χ3n) is 6.78. The summed E-state index contributed by atoms with van der Waals surface area (Å²) in [4.78, 5) is 39.6. The Balaban J connectivity index is 1.17. The van der Waals surface area contributed by atoms with Crippen LogP contribution in [0.3, 0.4) is 0 Å². The van der Waals surface area contributed by atoms with Gasteiger partial charge < -0.3 is 24.8 Å². The number of ether oxygens (including phenoxy) is 3. The van der Waals surface area contributed by atoms with Crippen molar-refractivity contribution >= 4 is 39.8 Å². The molecule has 3 aromatic carbocycles. The molecule has 1 unspecified atom stereocenters. The molecule has 1 aliphatic rings. The molecule has 5 rings (SSSR count). The van der Waals surface area contributed by atoms with Crippen molar-refractivity contribution in [1.29, 1.82) is 0 Å². The monoisotopic (exact) mass is 584 g/mol. The van der Waals surface area contributed by atoms with Gasteiger partial charge in [0.25, 0.3) is 11.8 Å². The van der Waals surface area contributed by atoms with Crippen LogP contribution in [0.5, 0.6) is 17.2 Å². The first-order valence-corrected chi connectivity index (χ1v) is 14.8. The Bertz CT molecular complexity index is 1550. The lowest BCUT2D eigenvalue weighted by molar-refractivity contribution is -0.122. The van der Waals surface area contributed by atoms with Crippen LogP contribution in [0.4, 0.5) is 10.7 Å². The smallest absolute Gasteiger partial charge is 0.341 e. The molecule has 0 bridgehead atoms. The van der Waals surface area contributed by atoms with E-state index in [4.69, 9.17) is 14.2 Å². The van der Waals surface area contributed by atoms with Crippen molar-refractivity contribution in [2.75, 3.05) is 17.2 Å². The van der Waals surface area contributed by atoms with Gasteiger partial charge in [-0.3, -0.25) is 9.59 Å². The highest BCUT2D eigenvalue weighted by Crippen LogP contribution is 2.39. The van der Waals surface area contributed by atoms with Crippen molar-refractivity contribution in [1.82, 2.24) is 0 Å². The molecule has 1 heterocycles. The minimum atomic E-state index is -0.783. The molecule has 1 aliphatic carbocycles. The zero-order chi connectivity index (χ0) is 29.5. The van der Waals surface area contributed by atoms with Gasteiger partial charge in [-0.25, -0.2) is 4.79 Å². The number of fused-ring (bicyclic) bond motifs is 1. The van der Waals surface area contributed by atoms with E-state index in [1.54, 1.807) is 62.4 Å². The van der Waals surface area contributed by atoms with Gasteiger partial charge in [0, 0.05) is 16.1 Å². The molecule has 0 aliphatic heterocycles. The Morgan fingerprint density at radius 3 is 2.21 bits per heavy atom. The van der Waals surface area contributed by atoms with E-state index in [9.17, 15) is 14.4 Å². The number of amides is 2. The molecule has 0 radical (unpaired) electrons. The largest absolute Gasteiger partial charge is 0.481 e. The van der Waals surface area contributed by atoms with Gasteiger partial charge >= 0.3 is 5.97 Å². The second-order valence-electron chi connectivity index (χ2n) is 9.80. The minimum Gasteiger partial charge on any atom is -0.481 e. The zero-order valence-electron chi connectivity index (χ0n) is 23.5. The SMILES string of the molecule is CCOC(=O)c1c(NC(=O)c2ccc(OC(C)C(=O)Nc3ccc(Oc4ccccc4)cc3)cc2)sc2c1CCCC2. The number of carbonyl (C=O) groups excluding carboxylic acids is 3. The number of rotatable bonds is 10. The maximum Gasteiger partial charge on any atom is 0.341 e. The second kappa shape index (κ2) is 13.4. The molecule has 4 aromatic rings. The van der Waals surface area contributed by atoms with E-state index in [0.29, 0.717) is 33.3 Å². The number of hydrogen-bond donors (Lipinski definition) is 2. The van der Waals surface area contributed by atoms with Crippen molar-refractivity contribution in [3.63, 3.8) is 0 Å². The maximum atomic E-state index is 13.1. The van der Waals surface area contributed by atoms with E-state index < -0.39 is 12.1 Å². The summed E-state index contributed by atoms with van der Waals surface area (Å²) in [5.74, 6) is 0.770. The Morgan fingerprint density at radius 1 is 0.833 bits per heavy atom. The zero-order valence-corrected chi connectivity index (χ0v) is 24.3. The highest BCUT2D eigenvalue weighted by Gasteiger charge is 2.27. The van der Waals surface area contributed by atoms with E-state index >= 15 is 0 Å². The lowest BCUT2D eigenvalue weighted by Crippen LogP contribution is -2.30. The third-order valence-corrected chi connectivity index (χ3v) is 7.98. The molecule has 0 saturated carbocycles. The first kappa shape index (κ1) is 28.9. The summed E-state index contributed by atoms with van der Waals surface area (Å²) in [5.41, 5.74) is 2.48. The van der Waals surface area contributed by atoms with Crippen LogP contribution in [0.15, 0.2) is 78.9 Å². The second-order valence-corrected chi connectivity index (χ2v) is 10.9. The fourth-order valence-corrected chi connectivity index (χ4v) is 5.94. The Labute approximate surface area is 248 Å². The van der Waals surface area contributed by atoms with Crippen molar-refractivity contribution in [2.24, 2.45) is 0 Å². The average Bonchev–Trinajstić information content (AvgIpc) is 3.37. The fraction of sp³-hybridized carbons (Fsp3) is 0.242. The molecule has 216 valence electrons. The molecule has 0 saturated heterocycles. The summed E-state index contributed by atoms with van der Waals surface area (Å²) >= 11 is 1.45. The van der Waals surface area contributed by atoms with Crippen LogP contribution in [0, 0.1) is 0 Å². The van der Waals surface area contributed by atoms with Crippen LogP contribution in [0.2, 0.25) is 0 Å². The van der Waals surface area contributed by atoms with Gasteiger partial charge in [-0.2, -0.15) is 0 Å². The van der Waals surface area contributed by atoms with E-state index in [2.05, 4.69) is 10.6 Å². The summed E-state index contributed by atoms with van der Waals surface area (Å²) in [6, 6.07) is 23.0. The molecule has 1 atom stereocenters. The summed E-state index contributed by atoms with van der Waals surface area (Å²) in [6.45, 7) is 3.69. The van der Waals surface area contributed by atoms with Crippen LogP contribution in [0.1, 0.15) is 57.8 Å². The number of nitrogens with one attached hydrogen (secondary N) is 2. The summed E-state index contributed by atoms with van der Waals surface area (Å²) in [5, 5.41) is 6.27. The van der Waals surface area contributed by atoms with Gasteiger partial charge in [0.1, 0.15) is 22.2 Å². The van der Waals surface area contributed by atoms with Crippen molar-refractivity contribution < 1.29 is 28.6 Å². The predicted molar refractivity (Wildman–Crippen MR) is 163 cm³/mol. The maximum absolute atomic E-state index is 13.1. The van der Waals surface area contributed by atoms with Gasteiger partial charge in [0.2, 0.25) is 0 Å². The number of anilines is 2. The highest BCUT2D eigenvalue weighted by molar-refractivity contribution is 7.17. The first-order valence-electron chi connectivity index (χ1n) is 13.9. The molecule has 2 N–H and O–H groups in total. The number of benzene rings is 3. The quantitative estimate of drug-likeness (QED) is 0.190. The normalized spacial score (nSPS) is 12.9. The summed E-state index contributed by atoms with van der Waals surface area (Å²) in [6.07, 6.45) is 3.00. The molecule has 8 nitrogen and oxygen atoms in total. The van der Waals surface area contributed by atoms with Crippen LogP contribution in [-0.4, -0.2) is 30.5 Å². The molecule has 42 heavy (non-hydrogen) atoms. The molecule has 0 fully saturated rings. The lowest BCUT2D eigenvalue weighted by atomic mass is 9.95. The molecular weight excluding hydrogens is 552 g/mol. The Kier molecular flexibility index (Phi) is 9.18. The highest BCUT2D eigenvalue weighted by atomic mass is 32.1. The van der Waals surface area contributed by atoms with Gasteiger partial charge in [0.05, 0.1) is 12.2 Å². The van der Waals surface area contributed by atoms with E-state index in [-0.39, 0.29) is 18.4 Å². The predicted octanol–water partition coefficient (Wildman–Crippen LogP) is 7.25. The van der Waals surface area contributed by atoms with Crippen molar-refractivity contribution in [3.8, 4) is 17.2 Å². The number of hydrogen-bond acceptors (Lipinski definition) is 7. The summed E-state index contributed by atoms with van der Waals surface area (Å²) in [7, 11) is 0. The Morgan fingerprint density at radius 2 is 1.50 bits per heavy atom. The molecular formula is C33H32N2O6S. The van der Waals surface area contributed by atoms with Crippen LogP contribution in [-0.2, 0) is 22.4 Å². The van der Waals surface area contributed by atoms with Crippen molar-refractivity contribution in [2.45, 2.75) is 45.6 Å². The minimum absolute atomic E-state index is 0.269. The average molecular weight is 585 g/mol. The Hall–Kier alpha value is -4.63. The summed E-state index contributed by atoms with van der Waals surface area (Å²) < 4.78 is 16.9. The molecule has 2 amide bonds. The van der Waals surface area contributed by atoms with Gasteiger partial charge in [-0.05, 0) is 106 Å². The molecule has 9 heteroatoms. The van der Waals surface area contributed by atoms with Crippen LogP contribution < -0.4 is 20.1 Å². The van der Waals surface area contributed by atoms with Crippen molar-refractivity contribution in [3.05, 3.63) is 100 Å². The number of aryl methyl sites for hydroxylation is 1. The third kappa shape index (κ3) is 6.98. The van der Waals surface area contributed by atoms with Crippen LogP contribution >= 0.6 is 11.3 Å². The number of esters is 1. The van der Waals surface area contributed by atoms with Gasteiger partial charge in [-0.1, -0.05) is 18.2 Å². The first-order chi connectivity index (χ1) is 20.4. The standard InChI is InChI=1S/C33H32N2O6S/c1-3-39-33(38)29-27-11-7-8-12-28(27)42-32(29)35-31(37)22-13-17-25(18-14-22)40-21(2)30(36)34-23-15-19-26(20-16-23)41-24-9-5-4-6-10-24/h4-6,9-10,13-21H,3,7-8,11-12H2,1-2H3,(H,34,36)(H,35,37). The number of thiophene rings is 1. The fourth-order valence-electron chi connectivity index (χ4n) is 4.67. The number of para-hydroxylation sites is 1. The topological polar surface area (TPSA) is 103 Å². The molecule has 0 spiro atoms. The molecule has 1 aromatic heterocycles. The van der Waals surface area contributed by atoms with Gasteiger partial charge in [-0.15, -0.1) is 11.3 Å². The number of carbonyl (C=O) groups is 3. The van der Waals surface area contributed by atoms with E-state index in [1.165, 1.54) is 11.3 Å². The van der Waals surface area contributed by atoms with E-state index in [1.807, 2.05) is 30.3 Å². The lowest BCUT2D eigenvalue weighted by Gasteiger charge is -2.15. The van der Waals surface area contributed by atoms with Gasteiger partial charge in [0.15, 0.2) is 6.10 Å². The van der Waals surface area contributed by atoms with E-state index in [0.717, 1.165) is 41.9 Å².